The molecule has 1 aromatic heterocycles. The highest BCUT2D eigenvalue weighted by atomic mass is 35.5. The minimum Gasteiger partial charge on any atom is -0.350 e. The maximum atomic E-state index is 11.6. The van der Waals surface area contributed by atoms with Crippen molar-refractivity contribution in [2.75, 3.05) is 29.0 Å². The summed E-state index contributed by atoms with van der Waals surface area (Å²) in [5, 5.41) is 13.0. The van der Waals surface area contributed by atoms with Gasteiger partial charge in [0.05, 0.1) is 17.6 Å². The van der Waals surface area contributed by atoms with Crippen LogP contribution in [0.1, 0.15) is 12.8 Å². The highest BCUT2D eigenvalue weighted by molar-refractivity contribution is 6.33. The van der Waals surface area contributed by atoms with Gasteiger partial charge < -0.3 is 21.3 Å². The first kappa shape index (κ1) is 18.2. The lowest BCUT2D eigenvalue weighted by Crippen LogP contribution is -2.38. The van der Waals surface area contributed by atoms with Gasteiger partial charge in [0.2, 0.25) is 11.9 Å². The number of rotatable bonds is 6. The van der Waals surface area contributed by atoms with Crippen LogP contribution in [0.25, 0.3) is 0 Å². The normalized spacial score (nSPS) is 16.6. The summed E-state index contributed by atoms with van der Waals surface area (Å²) in [6, 6.07) is 7.58. The smallest absolute Gasteiger partial charge is 0.247 e. The van der Waals surface area contributed by atoms with E-state index in [1.165, 1.54) is 6.08 Å². The molecule has 26 heavy (non-hydrogen) atoms. The van der Waals surface area contributed by atoms with E-state index in [0.717, 1.165) is 25.9 Å². The molecule has 0 radical (unpaired) electrons. The molecular formula is C18H21ClN6O. The van der Waals surface area contributed by atoms with E-state index >= 15 is 0 Å². The first-order chi connectivity index (χ1) is 12.7. The number of nitrogens with one attached hydrogen (secondary N) is 4. The monoisotopic (exact) mass is 372 g/mol. The van der Waals surface area contributed by atoms with Crippen molar-refractivity contribution in [3.05, 3.63) is 48.1 Å². The summed E-state index contributed by atoms with van der Waals surface area (Å²) in [4.78, 5) is 20.3. The van der Waals surface area contributed by atoms with Gasteiger partial charge in [0.25, 0.3) is 0 Å². The molecule has 136 valence electrons. The molecule has 1 aliphatic rings. The number of carbonyl (C=O) groups excluding carboxylic acids is 1. The van der Waals surface area contributed by atoms with Gasteiger partial charge in [-0.05, 0) is 37.6 Å². The Bertz CT molecular complexity index is 791. The van der Waals surface area contributed by atoms with E-state index in [1.54, 1.807) is 12.3 Å². The molecule has 1 atom stereocenters. The van der Waals surface area contributed by atoms with Gasteiger partial charge in [-0.15, -0.1) is 0 Å². The molecule has 0 aliphatic carbocycles. The number of aromatic nitrogens is 2. The average Bonchev–Trinajstić information content (AvgIpc) is 2.66. The molecule has 0 spiro atoms. The third-order valence-corrected chi connectivity index (χ3v) is 4.27. The summed E-state index contributed by atoms with van der Waals surface area (Å²) in [5.41, 5.74) is 1.28. The summed E-state index contributed by atoms with van der Waals surface area (Å²) in [5.74, 6) is 0.687. The number of amides is 1. The Balaban J connectivity index is 1.78. The molecule has 3 rings (SSSR count). The summed E-state index contributed by atoms with van der Waals surface area (Å²) >= 11 is 6.24. The van der Waals surface area contributed by atoms with Crippen LogP contribution in [0.4, 0.5) is 23.1 Å². The molecule has 8 heteroatoms. The highest BCUT2D eigenvalue weighted by Gasteiger charge is 2.15. The van der Waals surface area contributed by atoms with Crippen LogP contribution in [-0.4, -0.2) is 35.0 Å². The number of nitrogens with zero attached hydrogens (tertiary/aromatic N) is 2. The molecule has 1 fully saturated rings. The molecular weight excluding hydrogens is 352 g/mol. The molecule has 7 nitrogen and oxygen atoms in total. The van der Waals surface area contributed by atoms with Gasteiger partial charge in [-0.2, -0.15) is 4.98 Å². The molecule has 2 aromatic rings. The third kappa shape index (κ3) is 4.71. The van der Waals surface area contributed by atoms with E-state index in [2.05, 4.69) is 37.8 Å². The predicted molar refractivity (Wildman–Crippen MR) is 105 cm³/mol. The maximum absolute atomic E-state index is 11.6. The molecule has 2 heterocycles. The van der Waals surface area contributed by atoms with Crippen molar-refractivity contribution in [1.29, 1.82) is 0 Å². The fourth-order valence-corrected chi connectivity index (χ4v) is 2.83. The second-order valence-electron chi connectivity index (χ2n) is 5.94. The fourth-order valence-electron chi connectivity index (χ4n) is 2.69. The van der Waals surface area contributed by atoms with Crippen LogP contribution >= 0.6 is 11.6 Å². The topological polar surface area (TPSA) is 91.0 Å². The first-order valence-corrected chi connectivity index (χ1v) is 8.83. The summed E-state index contributed by atoms with van der Waals surface area (Å²) < 4.78 is 0. The number of anilines is 4. The Morgan fingerprint density at radius 3 is 2.88 bits per heavy atom. The van der Waals surface area contributed by atoms with Crippen LogP contribution in [0.15, 0.2) is 43.1 Å². The van der Waals surface area contributed by atoms with Crippen LogP contribution in [-0.2, 0) is 4.79 Å². The second-order valence-corrected chi connectivity index (χ2v) is 6.35. The Morgan fingerprint density at radius 2 is 2.15 bits per heavy atom. The molecule has 1 saturated heterocycles. The first-order valence-electron chi connectivity index (χ1n) is 8.45. The van der Waals surface area contributed by atoms with Gasteiger partial charge in [-0.1, -0.05) is 30.3 Å². The molecule has 1 amide bonds. The van der Waals surface area contributed by atoms with E-state index in [1.807, 2.05) is 18.2 Å². The molecule has 4 N–H and O–H groups in total. The van der Waals surface area contributed by atoms with Crippen molar-refractivity contribution in [2.24, 2.45) is 0 Å². The fraction of sp³-hybridized carbons (Fsp3) is 0.278. The van der Waals surface area contributed by atoms with Gasteiger partial charge in [-0.3, -0.25) is 4.79 Å². The Morgan fingerprint density at radius 1 is 1.35 bits per heavy atom. The maximum Gasteiger partial charge on any atom is 0.247 e. The number of para-hydroxylation sites is 2. The molecule has 1 unspecified atom stereocenters. The zero-order chi connectivity index (χ0) is 18.4. The molecule has 0 saturated carbocycles. The predicted octanol–water partition coefficient (Wildman–Crippen LogP) is 3.16. The lowest BCUT2D eigenvalue weighted by molar-refractivity contribution is -0.111. The number of piperidine rings is 1. The molecule has 0 bridgehead atoms. The Kier molecular flexibility index (Phi) is 6.04. The Hall–Kier alpha value is -2.64. The number of halogens is 1. The Labute approximate surface area is 157 Å². The van der Waals surface area contributed by atoms with Crippen LogP contribution in [0, 0.1) is 0 Å². The van der Waals surface area contributed by atoms with E-state index in [-0.39, 0.29) is 11.9 Å². The van der Waals surface area contributed by atoms with Gasteiger partial charge in [-0.25, -0.2) is 4.98 Å². The highest BCUT2D eigenvalue weighted by Crippen LogP contribution is 2.28. The van der Waals surface area contributed by atoms with Gasteiger partial charge in [0, 0.05) is 12.6 Å². The summed E-state index contributed by atoms with van der Waals surface area (Å²) in [6.45, 7) is 5.39. The zero-order valence-electron chi connectivity index (χ0n) is 14.3. The number of hydrogen-bond acceptors (Lipinski definition) is 6. The number of hydrogen-bond donors (Lipinski definition) is 4. The zero-order valence-corrected chi connectivity index (χ0v) is 15.0. The van der Waals surface area contributed by atoms with Crippen LogP contribution in [0.5, 0.6) is 0 Å². The second kappa shape index (κ2) is 8.64. The van der Waals surface area contributed by atoms with Crippen molar-refractivity contribution >= 4 is 40.6 Å². The number of benzene rings is 1. The minimum absolute atomic E-state index is 0.289. The SMILES string of the molecule is C=CC(=O)Nc1ccccc1Nc1nc(NC2CCCNC2)ncc1Cl. The van der Waals surface area contributed by atoms with Crippen LogP contribution in [0.2, 0.25) is 5.02 Å². The van der Waals surface area contributed by atoms with Gasteiger partial charge in [0.1, 0.15) is 5.02 Å². The summed E-state index contributed by atoms with van der Waals surface area (Å²) in [6.07, 6.45) is 4.96. The number of carbonyl (C=O) groups is 1. The van der Waals surface area contributed by atoms with E-state index in [4.69, 9.17) is 11.6 Å². The summed E-state index contributed by atoms with van der Waals surface area (Å²) in [7, 11) is 0. The van der Waals surface area contributed by atoms with Crippen molar-refractivity contribution in [3.8, 4) is 0 Å². The molecule has 1 aromatic carbocycles. The van der Waals surface area contributed by atoms with E-state index in [0.29, 0.717) is 28.2 Å². The van der Waals surface area contributed by atoms with E-state index in [9.17, 15) is 4.79 Å². The van der Waals surface area contributed by atoms with E-state index < -0.39 is 0 Å². The van der Waals surface area contributed by atoms with Crippen molar-refractivity contribution in [2.45, 2.75) is 18.9 Å². The van der Waals surface area contributed by atoms with Crippen molar-refractivity contribution in [3.63, 3.8) is 0 Å². The minimum atomic E-state index is -0.291. The largest absolute Gasteiger partial charge is 0.350 e. The van der Waals surface area contributed by atoms with Gasteiger partial charge >= 0.3 is 0 Å². The quantitative estimate of drug-likeness (QED) is 0.582. The van der Waals surface area contributed by atoms with Crippen molar-refractivity contribution < 1.29 is 4.79 Å². The average molecular weight is 373 g/mol. The van der Waals surface area contributed by atoms with Crippen LogP contribution in [0.3, 0.4) is 0 Å². The lowest BCUT2D eigenvalue weighted by Gasteiger charge is -2.24. The van der Waals surface area contributed by atoms with Crippen molar-refractivity contribution in [1.82, 2.24) is 15.3 Å². The standard InChI is InChI=1S/C18H21ClN6O/c1-2-16(26)23-14-7-3-4-8-15(14)24-17-13(19)11-21-18(25-17)22-12-6-5-9-20-10-12/h2-4,7-8,11-12,20H,1,5-6,9-10H2,(H,23,26)(H2,21,22,24,25). The molecule has 1 aliphatic heterocycles. The van der Waals surface area contributed by atoms with Gasteiger partial charge in [0.15, 0.2) is 5.82 Å². The lowest BCUT2D eigenvalue weighted by atomic mass is 10.1. The third-order valence-electron chi connectivity index (χ3n) is 4.00. The van der Waals surface area contributed by atoms with Crippen LogP contribution < -0.4 is 21.3 Å².